The number of amides is 2. The first-order chi connectivity index (χ1) is 32.2. The van der Waals surface area contributed by atoms with Gasteiger partial charge in [0.1, 0.15) is 37.0 Å². The molecule has 2 amide bonds. The Bertz CT molecular complexity index is 1980. The van der Waals surface area contributed by atoms with Gasteiger partial charge in [-0.2, -0.15) is 0 Å². The number of hydrogen-bond acceptors (Lipinski definition) is 13. The molecular weight excluding hydrogens is 885 g/mol. The van der Waals surface area contributed by atoms with Crippen LogP contribution in [-0.4, -0.2) is 114 Å². The maximum atomic E-state index is 13.1. The molecule has 0 bridgehead atoms. The molecule has 67 heavy (non-hydrogen) atoms. The lowest BCUT2D eigenvalue weighted by Crippen LogP contribution is -2.31. The number of esters is 1. The van der Waals surface area contributed by atoms with E-state index in [-0.39, 0.29) is 101 Å². The third-order valence-electron chi connectivity index (χ3n) is 9.90. The molecule has 0 spiro atoms. The zero-order chi connectivity index (χ0) is 48.6. The molecule has 18 heteroatoms. The average Bonchev–Trinajstić information content (AvgIpc) is 3.28. The number of sulfonamides is 1. The summed E-state index contributed by atoms with van der Waals surface area (Å²) in [5.74, 6) is -1.09. The van der Waals surface area contributed by atoms with E-state index in [1.165, 1.54) is 87.4 Å². The topological polar surface area (TPSA) is 227 Å². The molecule has 0 aliphatic rings. The lowest BCUT2D eigenvalue weighted by molar-refractivity contribution is -0.155. The molecule has 4 N–H and O–H groups in total. The highest BCUT2D eigenvalue weighted by molar-refractivity contribution is 7.92. The summed E-state index contributed by atoms with van der Waals surface area (Å²) in [7, 11) is -3.94. The number of aryl methyl sites for hydroxylation is 1. The van der Waals surface area contributed by atoms with Crippen molar-refractivity contribution in [1.82, 2.24) is 15.6 Å². The Morgan fingerprint density at radius 3 is 1.76 bits per heavy atom. The second-order valence-electron chi connectivity index (χ2n) is 16.9. The number of hydrogen-bond donors (Lipinski definition) is 4. The molecule has 0 unspecified atom stereocenters. The lowest BCUT2D eigenvalue weighted by Gasteiger charge is -2.19. The van der Waals surface area contributed by atoms with Crippen LogP contribution < -0.4 is 20.1 Å². The van der Waals surface area contributed by atoms with Crippen molar-refractivity contribution in [1.29, 1.82) is 0 Å². The fraction of sp³-hybridized carbons (Fsp3) is 0.571. The molecule has 0 aliphatic carbocycles. The van der Waals surface area contributed by atoms with Crippen LogP contribution in [-0.2, 0) is 61.1 Å². The minimum absolute atomic E-state index is 0.0548. The molecule has 0 aliphatic heterocycles. The van der Waals surface area contributed by atoms with Crippen LogP contribution in [0.4, 0.5) is 5.82 Å². The summed E-state index contributed by atoms with van der Waals surface area (Å²) in [5.41, 5.74) is 1.92. The monoisotopic (exact) mass is 956 g/mol. The largest absolute Gasteiger partial charge is 0.489 e. The minimum atomic E-state index is -3.94. The summed E-state index contributed by atoms with van der Waals surface area (Å²) in [5, 5.41) is 13.8. The van der Waals surface area contributed by atoms with Gasteiger partial charge in [-0.05, 0) is 87.6 Å². The maximum absolute atomic E-state index is 13.1. The second kappa shape index (κ2) is 32.5. The number of unbranched alkanes of at least 4 members (excludes halogenated alkanes) is 10. The van der Waals surface area contributed by atoms with E-state index in [0.29, 0.717) is 6.42 Å². The van der Waals surface area contributed by atoms with Crippen molar-refractivity contribution in [3.05, 3.63) is 83.6 Å². The smallest absolute Gasteiger partial charge is 0.329 e. The Kier molecular flexibility index (Phi) is 27.3. The lowest BCUT2D eigenvalue weighted by atomic mass is 10.0. The zero-order valence-electron chi connectivity index (χ0n) is 39.5. The van der Waals surface area contributed by atoms with Crippen molar-refractivity contribution in [3.63, 3.8) is 0 Å². The third kappa shape index (κ3) is 27.3. The molecule has 3 aromatic rings. The SMILES string of the molecule is CC(C)(C)OC(=O)CCCCCCCCCCCCCc1ccc(OCc2ccc(S(=O)(=O)Nc3ccc(C(=O)NCCOCCOCC(=O)NCCOCCOCC(=O)O)cn3)cc2)cc1. The van der Waals surface area contributed by atoms with E-state index in [1.54, 1.807) is 12.1 Å². The first-order valence-electron chi connectivity index (χ1n) is 23.3. The van der Waals surface area contributed by atoms with E-state index in [0.717, 1.165) is 37.0 Å². The van der Waals surface area contributed by atoms with Crippen LogP contribution in [0.5, 0.6) is 5.75 Å². The number of benzene rings is 2. The number of nitrogens with zero attached hydrogens (tertiary/aromatic N) is 1. The predicted molar refractivity (Wildman–Crippen MR) is 253 cm³/mol. The number of anilines is 1. The van der Waals surface area contributed by atoms with E-state index in [4.69, 9.17) is 33.5 Å². The first kappa shape index (κ1) is 56.2. The molecule has 17 nitrogen and oxygen atoms in total. The standard InChI is InChI=1S/C49H72N4O13S/c1-49(2,3)66-47(57)16-14-12-10-8-6-4-5-7-9-11-13-15-39-17-22-42(23-18-39)65-36-40-19-24-43(25-20-40)67(59,60)53-44-26-21-41(35-52-44)48(58)51-28-30-62-31-33-63-37-45(54)50-27-29-61-32-34-64-38-46(55)56/h17-26,35H,4-16,27-34,36-38H2,1-3H3,(H,50,54)(H,51,58)(H,52,53)(H,55,56). The van der Waals surface area contributed by atoms with Gasteiger partial charge in [0.2, 0.25) is 5.91 Å². The summed E-state index contributed by atoms with van der Waals surface area (Å²) >= 11 is 0. The minimum Gasteiger partial charge on any atom is -0.489 e. The zero-order valence-corrected chi connectivity index (χ0v) is 40.3. The van der Waals surface area contributed by atoms with Crippen molar-refractivity contribution < 1.29 is 61.1 Å². The van der Waals surface area contributed by atoms with Crippen molar-refractivity contribution >= 4 is 39.6 Å². The van der Waals surface area contributed by atoms with E-state index in [1.807, 2.05) is 32.9 Å². The van der Waals surface area contributed by atoms with Gasteiger partial charge in [0.05, 0.1) is 50.1 Å². The Morgan fingerprint density at radius 2 is 1.18 bits per heavy atom. The average molecular weight is 957 g/mol. The van der Waals surface area contributed by atoms with Gasteiger partial charge in [-0.1, -0.05) is 82.1 Å². The van der Waals surface area contributed by atoms with E-state index < -0.39 is 27.5 Å². The highest BCUT2D eigenvalue weighted by atomic mass is 32.2. The quantitative estimate of drug-likeness (QED) is 0.0337. The summed E-state index contributed by atoms with van der Waals surface area (Å²) in [6, 6.07) is 17.4. The normalized spacial score (nSPS) is 11.5. The number of rotatable bonds is 37. The highest BCUT2D eigenvalue weighted by Gasteiger charge is 2.17. The van der Waals surface area contributed by atoms with Gasteiger partial charge in [-0.25, -0.2) is 18.2 Å². The first-order valence-corrected chi connectivity index (χ1v) is 24.8. The van der Waals surface area contributed by atoms with E-state index in [9.17, 15) is 27.6 Å². The van der Waals surface area contributed by atoms with Gasteiger partial charge in [0.25, 0.3) is 15.9 Å². The van der Waals surface area contributed by atoms with E-state index in [2.05, 4.69) is 32.5 Å². The van der Waals surface area contributed by atoms with Crippen LogP contribution in [0.2, 0.25) is 0 Å². The van der Waals surface area contributed by atoms with Crippen LogP contribution in [0.3, 0.4) is 0 Å². The molecule has 3 rings (SSSR count). The molecular formula is C49H72N4O13S. The van der Waals surface area contributed by atoms with Gasteiger partial charge < -0.3 is 44.2 Å². The van der Waals surface area contributed by atoms with Gasteiger partial charge in [-0.3, -0.25) is 19.1 Å². The maximum Gasteiger partial charge on any atom is 0.329 e. The number of carboxylic acids is 1. The Balaban J connectivity index is 1.20. The number of nitrogens with one attached hydrogen (secondary N) is 3. The number of aliphatic carboxylic acids is 1. The molecule has 1 heterocycles. The van der Waals surface area contributed by atoms with Gasteiger partial charge in [-0.15, -0.1) is 0 Å². The summed E-state index contributed by atoms with van der Waals surface area (Å²) in [6.07, 6.45) is 16.0. The molecule has 2 aromatic carbocycles. The second-order valence-corrected chi connectivity index (χ2v) is 18.6. The highest BCUT2D eigenvalue weighted by Crippen LogP contribution is 2.20. The predicted octanol–water partition coefficient (Wildman–Crippen LogP) is 7.02. The van der Waals surface area contributed by atoms with Gasteiger partial charge in [0.15, 0.2) is 0 Å². The van der Waals surface area contributed by atoms with Crippen LogP contribution in [0.15, 0.2) is 71.8 Å². The van der Waals surface area contributed by atoms with Crippen LogP contribution in [0.1, 0.15) is 119 Å². The van der Waals surface area contributed by atoms with Crippen molar-refractivity contribution in [2.75, 3.05) is 70.7 Å². The number of ether oxygens (including phenoxy) is 6. The Morgan fingerprint density at radius 1 is 0.627 bits per heavy atom. The van der Waals surface area contributed by atoms with E-state index >= 15 is 0 Å². The molecule has 0 fully saturated rings. The van der Waals surface area contributed by atoms with Crippen LogP contribution in [0, 0.1) is 0 Å². The van der Waals surface area contributed by atoms with Gasteiger partial charge in [0, 0.05) is 25.7 Å². The molecule has 0 radical (unpaired) electrons. The van der Waals surface area contributed by atoms with Crippen molar-refractivity contribution in [2.24, 2.45) is 0 Å². The molecule has 0 saturated carbocycles. The summed E-state index contributed by atoms with van der Waals surface area (Å²) in [6.45, 7) is 7.08. The Labute approximate surface area is 396 Å². The molecule has 0 atom stereocenters. The Hall–Kier alpha value is -5.14. The number of aromatic nitrogens is 1. The summed E-state index contributed by atoms with van der Waals surface area (Å²) in [4.78, 5) is 50.6. The fourth-order valence-electron chi connectivity index (χ4n) is 6.47. The molecule has 0 saturated heterocycles. The third-order valence-corrected chi connectivity index (χ3v) is 11.3. The molecule has 372 valence electrons. The number of carbonyl (C=O) groups excluding carboxylic acids is 3. The fourth-order valence-corrected chi connectivity index (χ4v) is 7.48. The number of carbonyl (C=O) groups is 4. The van der Waals surface area contributed by atoms with Gasteiger partial charge >= 0.3 is 11.9 Å². The summed E-state index contributed by atoms with van der Waals surface area (Å²) < 4.78 is 60.6. The number of pyridine rings is 1. The molecule has 1 aromatic heterocycles. The number of carboxylic acid groups (broad SMARTS) is 1. The van der Waals surface area contributed by atoms with Crippen LogP contribution in [0.25, 0.3) is 0 Å². The van der Waals surface area contributed by atoms with Crippen molar-refractivity contribution in [2.45, 2.75) is 121 Å². The van der Waals surface area contributed by atoms with Crippen molar-refractivity contribution in [3.8, 4) is 5.75 Å². The van der Waals surface area contributed by atoms with Crippen LogP contribution >= 0.6 is 0 Å².